The fourth-order valence-corrected chi connectivity index (χ4v) is 4.31. The zero-order valence-corrected chi connectivity index (χ0v) is 17.5. The molecule has 2 aromatic carbocycles. The molecule has 9 heteroatoms. The number of rotatable bonds is 5. The van der Waals surface area contributed by atoms with E-state index in [4.69, 9.17) is 23.2 Å². The molecule has 0 bridgehead atoms. The zero-order chi connectivity index (χ0) is 18.9. The molecule has 0 unspecified atom stereocenters. The highest BCUT2D eigenvalue weighted by molar-refractivity contribution is 9.10. The summed E-state index contributed by atoms with van der Waals surface area (Å²) in [5, 5.41) is 5.35. The van der Waals surface area contributed by atoms with Gasteiger partial charge in [0, 0.05) is 16.2 Å². The van der Waals surface area contributed by atoms with E-state index in [2.05, 4.69) is 25.8 Å². The fourth-order valence-electron chi connectivity index (χ4n) is 2.28. The van der Waals surface area contributed by atoms with E-state index < -0.39 is 10.0 Å². The summed E-state index contributed by atoms with van der Waals surface area (Å²) >= 11 is 15.4. The molecular formula is C17H14BrCl2N3O2S. The quantitative estimate of drug-likeness (QED) is 0.558. The van der Waals surface area contributed by atoms with Gasteiger partial charge in [0.05, 0.1) is 15.9 Å². The van der Waals surface area contributed by atoms with Gasteiger partial charge in [0.15, 0.2) is 5.82 Å². The van der Waals surface area contributed by atoms with Gasteiger partial charge in [0.25, 0.3) is 10.0 Å². The highest BCUT2D eigenvalue weighted by atomic mass is 79.9. The van der Waals surface area contributed by atoms with E-state index in [0.717, 1.165) is 11.1 Å². The van der Waals surface area contributed by atoms with Crippen LogP contribution >= 0.6 is 39.1 Å². The molecule has 0 radical (unpaired) electrons. The number of sulfonamides is 1. The zero-order valence-electron chi connectivity index (χ0n) is 13.6. The van der Waals surface area contributed by atoms with Gasteiger partial charge < -0.3 is 0 Å². The van der Waals surface area contributed by atoms with Crippen molar-refractivity contribution in [3.05, 3.63) is 74.3 Å². The number of benzene rings is 2. The van der Waals surface area contributed by atoms with Gasteiger partial charge in [0.1, 0.15) is 0 Å². The van der Waals surface area contributed by atoms with Crippen molar-refractivity contribution in [2.24, 2.45) is 0 Å². The van der Waals surface area contributed by atoms with Crippen molar-refractivity contribution >= 4 is 55.0 Å². The van der Waals surface area contributed by atoms with Crippen LogP contribution in [0.3, 0.4) is 0 Å². The summed E-state index contributed by atoms with van der Waals surface area (Å²) in [5.41, 5.74) is 1.80. The Morgan fingerprint density at radius 1 is 1.15 bits per heavy atom. The standard InChI is InChI=1S/C17H14BrCl2N3O2S/c1-11-2-6-14(7-3-11)26(24,25)22-17-15(18)10-23(21-17)9-12-4-5-13(19)8-16(12)20/h2-8,10H,9H2,1H3,(H,21,22). The molecule has 5 nitrogen and oxygen atoms in total. The number of nitrogens with zero attached hydrogens (tertiary/aromatic N) is 2. The van der Waals surface area contributed by atoms with Crippen LogP contribution in [0.5, 0.6) is 0 Å². The predicted octanol–water partition coefficient (Wildman–Crippen LogP) is 5.11. The van der Waals surface area contributed by atoms with Crippen LogP contribution in [0.1, 0.15) is 11.1 Å². The fraction of sp³-hybridized carbons (Fsp3) is 0.118. The van der Waals surface area contributed by atoms with E-state index in [-0.39, 0.29) is 10.7 Å². The molecule has 1 aromatic heterocycles. The van der Waals surface area contributed by atoms with E-state index in [9.17, 15) is 8.42 Å². The van der Waals surface area contributed by atoms with Crippen LogP contribution < -0.4 is 4.72 Å². The van der Waals surface area contributed by atoms with Crippen molar-refractivity contribution in [2.45, 2.75) is 18.4 Å². The largest absolute Gasteiger partial charge is 0.265 e. The molecule has 0 aliphatic carbocycles. The Morgan fingerprint density at radius 3 is 2.50 bits per heavy atom. The van der Waals surface area contributed by atoms with Crippen molar-refractivity contribution in [2.75, 3.05) is 4.72 Å². The maximum Gasteiger partial charge on any atom is 0.263 e. The molecule has 0 amide bonds. The molecule has 0 saturated carbocycles. The van der Waals surface area contributed by atoms with E-state index in [1.54, 1.807) is 53.3 Å². The van der Waals surface area contributed by atoms with Crippen LogP contribution in [0.4, 0.5) is 5.82 Å². The molecule has 3 aromatic rings. The van der Waals surface area contributed by atoms with E-state index >= 15 is 0 Å². The average molecular weight is 475 g/mol. The molecule has 0 atom stereocenters. The second-order valence-corrected chi connectivity index (χ2v) is 9.06. The van der Waals surface area contributed by atoms with Gasteiger partial charge in [-0.15, -0.1) is 0 Å². The van der Waals surface area contributed by atoms with Gasteiger partial charge >= 0.3 is 0 Å². The van der Waals surface area contributed by atoms with E-state index in [1.165, 1.54) is 0 Å². The van der Waals surface area contributed by atoms with E-state index in [0.29, 0.717) is 21.1 Å². The number of anilines is 1. The molecule has 136 valence electrons. The smallest absolute Gasteiger partial charge is 0.263 e. The molecule has 26 heavy (non-hydrogen) atoms. The third-order valence-electron chi connectivity index (χ3n) is 3.63. The monoisotopic (exact) mass is 473 g/mol. The number of aromatic nitrogens is 2. The van der Waals surface area contributed by atoms with Crippen molar-refractivity contribution in [1.82, 2.24) is 9.78 Å². The maximum absolute atomic E-state index is 12.5. The normalized spacial score (nSPS) is 11.5. The highest BCUT2D eigenvalue weighted by Crippen LogP contribution is 2.26. The number of aryl methyl sites for hydroxylation is 1. The van der Waals surface area contributed by atoms with E-state index in [1.807, 2.05) is 6.92 Å². The summed E-state index contributed by atoms with van der Waals surface area (Å²) in [5.74, 6) is 0.204. The van der Waals surface area contributed by atoms with Crippen molar-refractivity contribution in [3.63, 3.8) is 0 Å². The number of hydrogen-bond acceptors (Lipinski definition) is 3. The Labute approximate surface area is 170 Å². The molecule has 0 fully saturated rings. The molecule has 1 N–H and O–H groups in total. The molecule has 0 saturated heterocycles. The average Bonchev–Trinajstić information content (AvgIpc) is 2.89. The number of hydrogen-bond donors (Lipinski definition) is 1. The summed E-state index contributed by atoms with van der Waals surface area (Å²) in [4.78, 5) is 0.172. The lowest BCUT2D eigenvalue weighted by molar-refractivity contribution is 0.600. The topological polar surface area (TPSA) is 64.0 Å². The number of halogens is 3. The minimum atomic E-state index is -3.73. The Balaban J connectivity index is 1.83. The van der Waals surface area contributed by atoms with Crippen LogP contribution in [0, 0.1) is 6.92 Å². The summed E-state index contributed by atoms with van der Waals surface area (Å²) in [6.45, 7) is 2.27. The van der Waals surface area contributed by atoms with Gasteiger partial charge in [-0.3, -0.25) is 9.40 Å². The predicted molar refractivity (Wildman–Crippen MR) is 107 cm³/mol. The summed E-state index contributed by atoms with van der Waals surface area (Å²) in [6.07, 6.45) is 1.68. The SMILES string of the molecule is Cc1ccc(S(=O)(=O)Nc2nn(Cc3ccc(Cl)cc3Cl)cc2Br)cc1. The number of nitrogens with one attached hydrogen (secondary N) is 1. The Kier molecular flexibility index (Phi) is 5.62. The van der Waals surface area contributed by atoms with Crippen molar-refractivity contribution in [1.29, 1.82) is 0 Å². The molecule has 1 heterocycles. The lowest BCUT2D eigenvalue weighted by Crippen LogP contribution is -2.14. The van der Waals surface area contributed by atoms with Gasteiger partial charge in [-0.25, -0.2) is 8.42 Å². The lowest BCUT2D eigenvalue weighted by atomic mass is 10.2. The summed E-state index contributed by atoms with van der Waals surface area (Å²) in [7, 11) is -3.73. The first-order valence-electron chi connectivity index (χ1n) is 7.51. The maximum atomic E-state index is 12.5. The van der Waals surface area contributed by atoms with Gasteiger partial charge in [0.2, 0.25) is 0 Å². The van der Waals surface area contributed by atoms with Crippen molar-refractivity contribution in [3.8, 4) is 0 Å². The minimum absolute atomic E-state index is 0.172. The molecular weight excluding hydrogens is 461 g/mol. The van der Waals surface area contributed by atoms with Crippen molar-refractivity contribution < 1.29 is 8.42 Å². The molecule has 3 rings (SSSR count). The molecule has 0 spiro atoms. The minimum Gasteiger partial charge on any atom is -0.265 e. The lowest BCUT2D eigenvalue weighted by Gasteiger charge is -2.07. The van der Waals surface area contributed by atoms with Crippen LogP contribution in [0.25, 0.3) is 0 Å². The third kappa shape index (κ3) is 4.40. The third-order valence-corrected chi connectivity index (χ3v) is 6.15. The Morgan fingerprint density at radius 2 is 1.85 bits per heavy atom. The second kappa shape index (κ2) is 7.60. The molecule has 0 aliphatic rings. The first-order valence-corrected chi connectivity index (χ1v) is 10.5. The second-order valence-electron chi connectivity index (χ2n) is 5.68. The first kappa shape index (κ1) is 19.2. The summed E-state index contributed by atoms with van der Waals surface area (Å²) < 4.78 is 29.6. The van der Waals surface area contributed by atoms with Crippen LogP contribution in [-0.2, 0) is 16.6 Å². The van der Waals surface area contributed by atoms with Crippen LogP contribution in [0.15, 0.2) is 58.0 Å². The Hall–Kier alpha value is -1.54. The first-order chi connectivity index (χ1) is 12.2. The molecule has 0 aliphatic heterocycles. The van der Waals surface area contributed by atoms with Crippen LogP contribution in [-0.4, -0.2) is 18.2 Å². The van der Waals surface area contributed by atoms with Gasteiger partial charge in [-0.2, -0.15) is 5.10 Å². The Bertz CT molecular complexity index is 1050. The van der Waals surface area contributed by atoms with Gasteiger partial charge in [-0.05, 0) is 52.7 Å². The summed E-state index contributed by atoms with van der Waals surface area (Å²) in [6, 6.07) is 11.8. The van der Waals surface area contributed by atoms with Gasteiger partial charge in [-0.1, -0.05) is 47.0 Å². The van der Waals surface area contributed by atoms with Crippen LogP contribution in [0.2, 0.25) is 10.0 Å². The highest BCUT2D eigenvalue weighted by Gasteiger charge is 2.18.